The maximum absolute atomic E-state index is 13.9. The third-order valence-electron chi connectivity index (χ3n) is 6.20. The van der Waals surface area contributed by atoms with Gasteiger partial charge < -0.3 is 18.8 Å². The molecule has 5 aromatic rings. The molecule has 0 unspecified atom stereocenters. The minimum absolute atomic E-state index is 0.166. The van der Waals surface area contributed by atoms with E-state index >= 15 is 0 Å². The summed E-state index contributed by atoms with van der Waals surface area (Å²) in [4.78, 5) is 16.2. The molecule has 37 heavy (non-hydrogen) atoms. The molecule has 0 bridgehead atoms. The fraction of sp³-hybridized carbons (Fsp3) is 0.185. The highest BCUT2D eigenvalue weighted by Gasteiger charge is 2.27. The molecule has 0 aliphatic heterocycles. The second-order valence-corrected chi connectivity index (χ2v) is 10.4. The summed E-state index contributed by atoms with van der Waals surface area (Å²) in [5.74, 6) is 0.238. The second-order valence-electron chi connectivity index (χ2n) is 8.57. The molecule has 0 fully saturated rings. The first-order valence-corrected chi connectivity index (χ1v) is 12.8. The van der Waals surface area contributed by atoms with Crippen molar-refractivity contribution >= 4 is 37.9 Å². The average molecular weight is 520 g/mol. The summed E-state index contributed by atoms with van der Waals surface area (Å²) in [7, 11) is 0.648. The van der Waals surface area contributed by atoms with E-state index in [-0.39, 0.29) is 11.5 Å². The van der Waals surface area contributed by atoms with E-state index in [9.17, 15) is 13.2 Å². The zero-order valence-electron chi connectivity index (χ0n) is 20.8. The lowest BCUT2D eigenvalue weighted by molar-refractivity contribution is -0.142. The van der Waals surface area contributed by atoms with Gasteiger partial charge >= 0.3 is 5.97 Å². The van der Waals surface area contributed by atoms with Gasteiger partial charge in [-0.05, 0) is 43.3 Å². The lowest BCUT2D eigenvalue weighted by Crippen LogP contribution is -2.14. The Morgan fingerprint density at radius 3 is 2.49 bits per heavy atom. The van der Waals surface area contributed by atoms with Gasteiger partial charge in [-0.15, -0.1) is 0 Å². The number of aromatic nitrogens is 3. The van der Waals surface area contributed by atoms with Gasteiger partial charge in [0.25, 0.3) is 10.0 Å². The van der Waals surface area contributed by atoms with E-state index in [0.717, 1.165) is 16.5 Å². The van der Waals surface area contributed by atoms with E-state index in [4.69, 9.17) is 9.47 Å². The highest BCUT2D eigenvalue weighted by molar-refractivity contribution is 7.90. The SMILES string of the molecule is COC(=O)COc1cc2c(cc1OC)c(-c1cc3cccnc3n1S(=O)(=O)c1ccc(C)cc1)cn2C. The van der Waals surface area contributed by atoms with Gasteiger partial charge in [0.2, 0.25) is 0 Å². The molecule has 10 heteroatoms. The van der Waals surface area contributed by atoms with Gasteiger partial charge in [0, 0.05) is 41.8 Å². The van der Waals surface area contributed by atoms with E-state index in [1.54, 1.807) is 48.7 Å². The quantitative estimate of drug-likeness (QED) is 0.296. The lowest BCUT2D eigenvalue weighted by Gasteiger charge is -2.13. The van der Waals surface area contributed by atoms with E-state index in [1.165, 1.54) is 18.2 Å². The molecule has 0 saturated carbocycles. The molecule has 0 aliphatic carbocycles. The number of benzene rings is 2. The van der Waals surface area contributed by atoms with Gasteiger partial charge in [-0.25, -0.2) is 22.2 Å². The molecule has 9 nitrogen and oxygen atoms in total. The monoisotopic (exact) mass is 519 g/mol. The summed E-state index contributed by atoms with van der Waals surface area (Å²) >= 11 is 0. The predicted molar refractivity (Wildman–Crippen MR) is 139 cm³/mol. The molecule has 190 valence electrons. The highest BCUT2D eigenvalue weighted by Crippen LogP contribution is 2.40. The third-order valence-corrected chi connectivity index (χ3v) is 7.92. The number of rotatable bonds is 7. The Morgan fingerprint density at radius 1 is 1.03 bits per heavy atom. The summed E-state index contributed by atoms with van der Waals surface area (Å²) in [6.07, 6.45) is 3.42. The highest BCUT2D eigenvalue weighted by atomic mass is 32.2. The van der Waals surface area contributed by atoms with Crippen molar-refractivity contribution < 1.29 is 27.4 Å². The Balaban J connectivity index is 1.75. The zero-order valence-corrected chi connectivity index (χ0v) is 21.6. The average Bonchev–Trinajstić information content (AvgIpc) is 3.44. The number of esters is 1. The van der Waals surface area contributed by atoms with Crippen molar-refractivity contribution in [2.24, 2.45) is 7.05 Å². The van der Waals surface area contributed by atoms with Crippen LogP contribution in [0.25, 0.3) is 33.2 Å². The summed E-state index contributed by atoms with van der Waals surface area (Å²) in [6.45, 7) is 1.63. The van der Waals surface area contributed by atoms with E-state index in [0.29, 0.717) is 33.8 Å². The number of pyridine rings is 1. The summed E-state index contributed by atoms with van der Waals surface area (Å²) in [5.41, 5.74) is 3.18. The van der Waals surface area contributed by atoms with Gasteiger partial charge in [0.15, 0.2) is 23.8 Å². The first-order valence-electron chi connectivity index (χ1n) is 11.4. The molecule has 0 amide bonds. The first-order chi connectivity index (χ1) is 17.7. The third kappa shape index (κ3) is 4.19. The van der Waals surface area contributed by atoms with Crippen LogP contribution in [0.15, 0.2) is 71.9 Å². The number of fused-ring (bicyclic) bond motifs is 2. The maximum atomic E-state index is 13.9. The molecule has 0 radical (unpaired) electrons. The van der Waals surface area contributed by atoms with Gasteiger partial charge in [-0.1, -0.05) is 17.7 Å². The Morgan fingerprint density at radius 2 is 1.78 bits per heavy atom. The molecule has 3 aromatic heterocycles. The van der Waals surface area contributed by atoms with Crippen molar-refractivity contribution in [3.05, 3.63) is 72.6 Å². The van der Waals surface area contributed by atoms with Crippen LogP contribution < -0.4 is 9.47 Å². The van der Waals surface area contributed by atoms with E-state index in [1.807, 2.05) is 36.9 Å². The van der Waals surface area contributed by atoms with Crippen molar-refractivity contribution in [1.29, 1.82) is 0 Å². The van der Waals surface area contributed by atoms with E-state index < -0.39 is 16.0 Å². The molecule has 0 spiro atoms. The predicted octanol–water partition coefficient (Wildman–Crippen LogP) is 4.30. The van der Waals surface area contributed by atoms with Crippen molar-refractivity contribution in [2.75, 3.05) is 20.8 Å². The number of ether oxygens (including phenoxy) is 3. The van der Waals surface area contributed by atoms with Crippen LogP contribution in [0, 0.1) is 6.92 Å². The molecule has 2 aromatic carbocycles. The van der Waals surface area contributed by atoms with Crippen LogP contribution in [0.4, 0.5) is 0 Å². The smallest absolute Gasteiger partial charge is 0.343 e. The van der Waals surface area contributed by atoms with Crippen LogP contribution in [0.5, 0.6) is 11.5 Å². The number of hydrogen-bond acceptors (Lipinski definition) is 7. The normalized spacial score (nSPS) is 11.7. The number of aryl methyl sites for hydroxylation is 2. The zero-order chi connectivity index (χ0) is 26.3. The Labute approximate surface area is 213 Å². The molecular formula is C27H25N3O6S. The van der Waals surface area contributed by atoms with Crippen LogP contribution in [0.1, 0.15) is 5.56 Å². The Kier molecular flexibility index (Phi) is 6.12. The topological polar surface area (TPSA) is 102 Å². The Hall–Kier alpha value is -4.31. The number of hydrogen-bond donors (Lipinski definition) is 0. The Bertz CT molecular complexity index is 1750. The molecule has 0 atom stereocenters. The van der Waals surface area contributed by atoms with Gasteiger partial charge in [-0.3, -0.25) is 0 Å². The van der Waals surface area contributed by atoms with E-state index in [2.05, 4.69) is 9.72 Å². The maximum Gasteiger partial charge on any atom is 0.343 e. The van der Waals surface area contributed by atoms with Crippen LogP contribution >= 0.6 is 0 Å². The first kappa shape index (κ1) is 24.4. The lowest BCUT2D eigenvalue weighted by atomic mass is 10.1. The number of carbonyl (C=O) groups excluding carboxylic acids is 1. The molecule has 5 rings (SSSR count). The van der Waals surface area contributed by atoms with Gasteiger partial charge in [-0.2, -0.15) is 0 Å². The molecular weight excluding hydrogens is 494 g/mol. The van der Waals surface area contributed by atoms with Gasteiger partial charge in [0.05, 0.1) is 30.3 Å². The number of nitrogens with zero attached hydrogens (tertiary/aromatic N) is 3. The standard InChI is InChI=1S/C27H25N3O6S/c1-17-7-9-19(10-8-17)37(32,33)30-23(12-18-6-5-11-28-27(18)30)21-15-29(2)22-14-25(36-16-26(31)35-4)24(34-3)13-20(21)22/h5-15H,16H2,1-4H3. The molecule has 3 heterocycles. The fourth-order valence-electron chi connectivity index (χ4n) is 4.32. The number of methoxy groups -OCH3 is 2. The van der Waals surface area contributed by atoms with Crippen LogP contribution in [0.2, 0.25) is 0 Å². The summed E-state index contributed by atoms with van der Waals surface area (Å²) in [6, 6.07) is 15.7. The number of carbonyl (C=O) groups is 1. The van der Waals surface area contributed by atoms with Crippen molar-refractivity contribution in [3.63, 3.8) is 0 Å². The van der Waals surface area contributed by atoms with Crippen molar-refractivity contribution in [2.45, 2.75) is 11.8 Å². The van der Waals surface area contributed by atoms with Crippen LogP contribution in [0.3, 0.4) is 0 Å². The summed E-state index contributed by atoms with van der Waals surface area (Å²) < 4.78 is 46.9. The fourth-order valence-corrected chi connectivity index (χ4v) is 5.80. The second kappa shape index (κ2) is 9.29. The molecule has 0 aliphatic rings. The van der Waals surface area contributed by atoms with Crippen molar-refractivity contribution in [3.8, 4) is 22.8 Å². The van der Waals surface area contributed by atoms with Crippen LogP contribution in [-0.4, -0.2) is 48.7 Å². The molecule has 0 saturated heterocycles. The minimum atomic E-state index is -3.98. The van der Waals surface area contributed by atoms with Crippen LogP contribution in [-0.2, 0) is 26.6 Å². The molecule has 0 N–H and O–H groups in total. The van der Waals surface area contributed by atoms with Crippen molar-refractivity contribution in [1.82, 2.24) is 13.5 Å². The van der Waals surface area contributed by atoms with Gasteiger partial charge in [0.1, 0.15) is 0 Å². The largest absolute Gasteiger partial charge is 0.493 e. The summed E-state index contributed by atoms with van der Waals surface area (Å²) in [5, 5.41) is 1.43. The minimum Gasteiger partial charge on any atom is -0.493 e.